The quantitative estimate of drug-likeness (QED) is 0.424. The first-order valence-electron chi connectivity index (χ1n) is 9.50. The number of benzene rings is 2. The number of rotatable bonds is 7. The predicted octanol–water partition coefficient (Wildman–Crippen LogP) is 3.08. The second-order valence-corrected chi connectivity index (χ2v) is 9.38. The van der Waals surface area contributed by atoms with E-state index in [1.165, 1.54) is 6.07 Å². The van der Waals surface area contributed by atoms with Crippen molar-refractivity contribution < 1.29 is 13.9 Å². The van der Waals surface area contributed by atoms with Gasteiger partial charge in [-0.15, -0.1) is 0 Å². The Balaban J connectivity index is 1.76. The van der Waals surface area contributed by atoms with Crippen molar-refractivity contribution >= 4 is 28.0 Å². The first kappa shape index (κ1) is 21.1. The van der Waals surface area contributed by atoms with E-state index in [0.29, 0.717) is 29.3 Å². The van der Waals surface area contributed by atoms with Gasteiger partial charge in [-0.05, 0) is 26.0 Å². The van der Waals surface area contributed by atoms with Crippen LogP contribution in [0.4, 0.5) is 11.4 Å². The van der Waals surface area contributed by atoms with Crippen LogP contribution in [0.15, 0.2) is 48.5 Å². The van der Waals surface area contributed by atoms with Gasteiger partial charge in [-0.1, -0.05) is 30.3 Å². The number of hydrogen-bond acceptors (Lipinski definition) is 6. The number of nitro groups is 1. The number of ketones is 1. The minimum absolute atomic E-state index is 0.123. The van der Waals surface area contributed by atoms with Crippen molar-refractivity contribution in [1.82, 2.24) is 4.90 Å². The van der Waals surface area contributed by atoms with Crippen LogP contribution in [-0.2, 0) is 10.8 Å². The Kier molecular flexibility index (Phi) is 6.44. The van der Waals surface area contributed by atoms with E-state index in [4.69, 9.17) is 0 Å². The molecule has 0 atom stereocenters. The summed E-state index contributed by atoms with van der Waals surface area (Å²) in [7, 11) is -0.752. The van der Waals surface area contributed by atoms with E-state index in [1.807, 2.05) is 6.07 Å². The van der Waals surface area contributed by atoms with Crippen molar-refractivity contribution in [3.8, 4) is 0 Å². The summed E-state index contributed by atoms with van der Waals surface area (Å²) in [5, 5.41) is 14.8. The second-order valence-electron chi connectivity index (χ2n) is 7.69. The molecule has 7 nitrogen and oxygen atoms in total. The maximum Gasteiger partial charge on any atom is 0.293 e. The lowest BCUT2D eigenvalue weighted by Gasteiger charge is -2.40. The number of nitrogens with zero attached hydrogens (tertiary/aromatic N) is 2. The molecule has 1 aliphatic rings. The third-order valence-electron chi connectivity index (χ3n) is 5.24. The van der Waals surface area contributed by atoms with Crippen molar-refractivity contribution in [2.45, 2.75) is 19.4 Å². The minimum Gasteiger partial charge on any atom is -0.378 e. The zero-order valence-electron chi connectivity index (χ0n) is 16.6. The highest BCUT2D eigenvalue weighted by Gasteiger charge is 2.30. The highest BCUT2D eigenvalue weighted by atomic mass is 32.2. The molecule has 0 aromatic heterocycles. The average molecular weight is 416 g/mol. The molecule has 0 bridgehead atoms. The predicted molar refractivity (Wildman–Crippen MR) is 115 cm³/mol. The van der Waals surface area contributed by atoms with E-state index < -0.39 is 15.7 Å². The second kappa shape index (κ2) is 8.84. The number of nitro benzene ring substituents is 1. The standard InChI is InChI=1S/C21H25N3O4S/c1-21(2,23-10-12-29(28)13-11-23)15-22-18-9-8-17(14-19(18)24(26)27)20(25)16-6-4-3-5-7-16/h3-9,14,22H,10-13,15H2,1-2H3. The molecule has 1 aliphatic heterocycles. The van der Waals surface area contributed by atoms with E-state index in [-0.39, 0.29) is 22.6 Å². The summed E-state index contributed by atoms with van der Waals surface area (Å²) in [5.41, 5.74) is 0.782. The van der Waals surface area contributed by atoms with Gasteiger partial charge in [-0.2, -0.15) is 0 Å². The lowest BCUT2D eigenvalue weighted by molar-refractivity contribution is -0.384. The Morgan fingerprint density at radius 1 is 1.14 bits per heavy atom. The SMILES string of the molecule is CC(C)(CNc1ccc(C(=O)c2ccccc2)cc1[N+](=O)[O-])N1CCS(=O)CC1. The Hall–Kier alpha value is -2.58. The van der Waals surface area contributed by atoms with Gasteiger partial charge >= 0.3 is 0 Å². The fourth-order valence-electron chi connectivity index (χ4n) is 3.40. The number of carbonyl (C=O) groups excluding carboxylic acids is 1. The van der Waals surface area contributed by atoms with Gasteiger partial charge in [0.1, 0.15) is 5.69 Å². The minimum atomic E-state index is -0.752. The molecule has 3 rings (SSSR count). The monoisotopic (exact) mass is 415 g/mol. The van der Waals surface area contributed by atoms with Crippen LogP contribution in [0.25, 0.3) is 0 Å². The van der Waals surface area contributed by atoms with Crippen molar-refractivity contribution in [3.63, 3.8) is 0 Å². The zero-order valence-corrected chi connectivity index (χ0v) is 17.4. The molecular weight excluding hydrogens is 390 g/mol. The Morgan fingerprint density at radius 2 is 1.79 bits per heavy atom. The highest BCUT2D eigenvalue weighted by molar-refractivity contribution is 7.85. The summed E-state index contributed by atoms with van der Waals surface area (Å²) < 4.78 is 11.6. The lowest BCUT2D eigenvalue weighted by atomic mass is 10.0. The molecule has 2 aromatic rings. The van der Waals surface area contributed by atoms with E-state index in [1.54, 1.807) is 36.4 Å². The number of hydrogen-bond donors (Lipinski definition) is 1. The number of anilines is 1. The van der Waals surface area contributed by atoms with Crippen LogP contribution in [0.1, 0.15) is 29.8 Å². The van der Waals surface area contributed by atoms with Crippen molar-refractivity contribution in [2.24, 2.45) is 0 Å². The third-order valence-corrected chi connectivity index (χ3v) is 6.51. The van der Waals surface area contributed by atoms with Gasteiger partial charge in [0.15, 0.2) is 5.78 Å². The van der Waals surface area contributed by atoms with E-state index in [2.05, 4.69) is 24.1 Å². The largest absolute Gasteiger partial charge is 0.378 e. The lowest BCUT2D eigenvalue weighted by Crippen LogP contribution is -2.53. The Morgan fingerprint density at radius 3 is 2.41 bits per heavy atom. The normalized spacial score (nSPS) is 15.8. The summed E-state index contributed by atoms with van der Waals surface area (Å²) in [6.07, 6.45) is 0. The van der Waals surface area contributed by atoms with E-state index in [9.17, 15) is 19.1 Å². The van der Waals surface area contributed by atoms with Crippen molar-refractivity contribution in [1.29, 1.82) is 0 Å². The third kappa shape index (κ3) is 5.07. The maximum atomic E-state index is 12.6. The molecule has 1 saturated heterocycles. The van der Waals surface area contributed by atoms with Crippen LogP contribution >= 0.6 is 0 Å². The zero-order chi connectivity index (χ0) is 21.0. The summed E-state index contributed by atoms with van der Waals surface area (Å²) in [6, 6.07) is 13.2. The maximum absolute atomic E-state index is 12.6. The van der Waals surface area contributed by atoms with E-state index in [0.717, 1.165) is 13.1 Å². The molecule has 8 heteroatoms. The fourth-order valence-corrected chi connectivity index (χ4v) is 4.45. The Bertz CT molecular complexity index is 921. The molecule has 1 N–H and O–H groups in total. The molecular formula is C21H25N3O4S. The van der Waals surface area contributed by atoms with Gasteiger partial charge in [0.2, 0.25) is 0 Å². The van der Waals surface area contributed by atoms with Crippen LogP contribution in [0.5, 0.6) is 0 Å². The molecule has 0 unspecified atom stereocenters. The Labute approximate surface area is 172 Å². The van der Waals surface area contributed by atoms with Gasteiger partial charge in [0, 0.05) is 64.7 Å². The molecule has 29 heavy (non-hydrogen) atoms. The van der Waals surface area contributed by atoms with Crippen LogP contribution in [0.3, 0.4) is 0 Å². The van der Waals surface area contributed by atoms with Gasteiger partial charge in [-0.25, -0.2) is 0 Å². The average Bonchev–Trinajstić information content (AvgIpc) is 2.72. The van der Waals surface area contributed by atoms with Gasteiger partial charge in [-0.3, -0.25) is 24.0 Å². The van der Waals surface area contributed by atoms with Crippen LogP contribution in [0.2, 0.25) is 0 Å². The number of carbonyl (C=O) groups is 1. The smallest absolute Gasteiger partial charge is 0.293 e. The summed E-state index contributed by atoms with van der Waals surface area (Å²) in [5.74, 6) is 1.06. The summed E-state index contributed by atoms with van der Waals surface area (Å²) >= 11 is 0. The molecule has 154 valence electrons. The molecule has 1 fully saturated rings. The fraction of sp³-hybridized carbons (Fsp3) is 0.381. The summed E-state index contributed by atoms with van der Waals surface area (Å²) in [4.78, 5) is 26.0. The molecule has 0 amide bonds. The molecule has 2 aromatic carbocycles. The first-order valence-corrected chi connectivity index (χ1v) is 11.0. The van der Waals surface area contributed by atoms with Gasteiger partial charge in [0.05, 0.1) is 4.92 Å². The van der Waals surface area contributed by atoms with E-state index >= 15 is 0 Å². The van der Waals surface area contributed by atoms with Crippen molar-refractivity contribution in [3.05, 3.63) is 69.8 Å². The molecule has 0 spiro atoms. The van der Waals surface area contributed by atoms with Crippen molar-refractivity contribution in [2.75, 3.05) is 36.5 Å². The first-order chi connectivity index (χ1) is 13.8. The molecule has 1 heterocycles. The van der Waals surface area contributed by atoms with Crippen LogP contribution in [0, 0.1) is 10.1 Å². The van der Waals surface area contributed by atoms with Crippen LogP contribution in [-0.4, -0.2) is 56.5 Å². The van der Waals surface area contributed by atoms with Gasteiger partial charge in [0.25, 0.3) is 5.69 Å². The molecule has 0 saturated carbocycles. The number of nitrogens with one attached hydrogen (secondary N) is 1. The highest BCUT2D eigenvalue weighted by Crippen LogP contribution is 2.28. The van der Waals surface area contributed by atoms with Crippen LogP contribution < -0.4 is 5.32 Å². The molecule has 0 radical (unpaired) electrons. The van der Waals surface area contributed by atoms with Gasteiger partial charge < -0.3 is 5.32 Å². The summed E-state index contributed by atoms with van der Waals surface area (Å²) in [6.45, 7) is 6.11. The topological polar surface area (TPSA) is 92.5 Å². The molecule has 0 aliphatic carbocycles.